The fourth-order valence-corrected chi connectivity index (χ4v) is 4.43. The van der Waals surface area contributed by atoms with Crippen LogP contribution in [0.5, 0.6) is 0 Å². The normalized spacial score (nSPS) is 18.3. The van der Waals surface area contributed by atoms with E-state index in [9.17, 15) is 19.2 Å². The number of nitrogens with zero attached hydrogens (tertiary/aromatic N) is 4. The maximum Gasteiger partial charge on any atom is 0.357 e. The number of rotatable bonds is 8. The van der Waals surface area contributed by atoms with Crippen LogP contribution in [0.2, 0.25) is 0 Å². The van der Waals surface area contributed by atoms with E-state index in [1.807, 2.05) is 38.1 Å². The predicted molar refractivity (Wildman–Crippen MR) is 151 cm³/mol. The second-order valence-electron chi connectivity index (χ2n) is 10.5. The zero-order chi connectivity index (χ0) is 30.0. The molecule has 0 aliphatic carbocycles. The first kappa shape index (κ1) is 28.7. The Bertz CT molecular complexity index is 1680. The number of hydrogen-bond donors (Lipinski definition) is 1. The maximum atomic E-state index is 13.0. The minimum absolute atomic E-state index is 0.137. The third kappa shape index (κ3) is 6.23. The van der Waals surface area contributed by atoms with Crippen molar-refractivity contribution < 1.29 is 28.6 Å². The van der Waals surface area contributed by atoms with Crippen molar-refractivity contribution in [1.29, 1.82) is 0 Å². The number of ether oxygens (including phenoxy) is 3. The molecule has 0 radical (unpaired) electrons. The lowest BCUT2D eigenvalue weighted by Crippen LogP contribution is -2.32. The molecule has 3 atom stereocenters. The van der Waals surface area contributed by atoms with E-state index in [2.05, 4.69) is 15.3 Å². The first-order valence-corrected chi connectivity index (χ1v) is 13.5. The Balaban J connectivity index is 1.40. The number of fused-ring (bicyclic) bond motifs is 1. The molecule has 2 aromatic heterocycles. The van der Waals surface area contributed by atoms with Crippen molar-refractivity contribution in [2.75, 3.05) is 11.9 Å². The van der Waals surface area contributed by atoms with Crippen molar-refractivity contribution in [1.82, 2.24) is 18.9 Å². The lowest BCUT2D eigenvalue weighted by atomic mass is 10.1. The molecule has 2 aromatic carbocycles. The molecule has 12 nitrogen and oxygen atoms in total. The van der Waals surface area contributed by atoms with Gasteiger partial charge in [0.25, 0.3) is 0 Å². The van der Waals surface area contributed by atoms with Gasteiger partial charge in [-0.3, -0.25) is 14.7 Å². The summed E-state index contributed by atoms with van der Waals surface area (Å²) in [6, 6.07) is 13.9. The van der Waals surface area contributed by atoms with Crippen molar-refractivity contribution in [2.45, 2.75) is 52.6 Å². The number of amides is 1. The molecule has 4 aromatic rings. The molecule has 1 saturated heterocycles. The van der Waals surface area contributed by atoms with Gasteiger partial charge in [0.05, 0.1) is 11.1 Å². The highest BCUT2D eigenvalue weighted by molar-refractivity contribution is 5.91. The number of carbonyl (C=O) groups is 3. The monoisotopic (exact) mass is 573 g/mol. The second-order valence-corrected chi connectivity index (χ2v) is 10.5. The van der Waals surface area contributed by atoms with Crippen LogP contribution in [0, 0.1) is 19.8 Å². The SMILES string of the molecule is Cc1ccc(C(=O)OC[C@H]2O[C@H](n3ccn4c(=O)nc(NC(=O)C(C)C)nc34)C[C@@H]2OC(=O)c2ccc(C)cc2)cc1. The van der Waals surface area contributed by atoms with E-state index in [1.165, 1.54) is 10.6 Å². The van der Waals surface area contributed by atoms with Gasteiger partial charge in [-0.25, -0.2) is 18.8 Å². The number of carbonyl (C=O) groups excluding carboxylic acids is 3. The highest BCUT2D eigenvalue weighted by atomic mass is 16.6. The maximum absolute atomic E-state index is 13.0. The fourth-order valence-electron chi connectivity index (χ4n) is 4.43. The van der Waals surface area contributed by atoms with Crippen molar-refractivity contribution in [3.63, 3.8) is 0 Å². The molecular formula is C30H31N5O7. The number of imidazole rings is 1. The van der Waals surface area contributed by atoms with Crippen LogP contribution in [0.1, 0.15) is 58.3 Å². The fraction of sp³-hybridized carbons (Fsp3) is 0.333. The molecule has 0 spiro atoms. The molecule has 1 fully saturated rings. The van der Waals surface area contributed by atoms with Crippen LogP contribution in [-0.2, 0) is 19.0 Å². The van der Waals surface area contributed by atoms with Crippen molar-refractivity contribution in [3.05, 3.63) is 93.7 Å². The Morgan fingerprint density at radius 1 is 0.952 bits per heavy atom. The van der Waals surface area contributed by atoms with Gasteiger partial charge >= 0.3 is 17.6 Å². The van der Waals surface area contributed by atoms with E-state index < -0.39 is 36.1 Å². The Kier molecular flexibility index (Phi) is 8.16. The number of hydrogen-bond acceptors (Lipinski definition) is 9. The van der Waals surface area contributed by atoms with E-state index in [1.54, 1.807) is 48.9 Å². The van der Waals surface area contributed by atoms with Crippen LogP contribution >= 0.6 is 0 Å². The third-order valence-corrected chi connectivity index (χ3v) is 6.90. The summed E-state index contributed by atoms with van der Waals surface area (Å²) in [4.78, 5) is 58.7. The van der Waals surface area contributed by atoms with E-state index in [4.69, 9.17) is 14.2 Å². The summed E-state index contributed by atoms with van der Waals surface area (Å²) in [5, 5.41) is 2.54. The largest absolute Gasteiger partial charge is 0.459 e. The van der Waals surface area contributed by atoms with Crippen LogP contribution in [0.4, 0.5) is 5.95 Å². The standard InChI is InChI=1S/C30H31N5O7/c1-17(2)25(36)31-28-32-29-34(13-14-35(29)30(39)33-28)24-15-22(42-27(38)21-11-7-19(4)8-12-21)23(41-24)16-40-26(37)20-9-5-18(3)6-10-20/h5-14,17,22-24H,15-16H2,1-4H3,(H,31,33,36,39)/t22-,23+,24-/m0/s1. The lowest BCUT2D eigenvalue weighted by molar-refractivity contribution is -0.118. The summed E-state index contributed by atoms with van der Waals surface area (Å²) in [7, 11) is 0. The van der Waals surface area contributed by atoms with Gasteiger partial charge in [0.1, 0.15) is 25.0 Å². The van der Waals surface area contributed by atoms with Gasteiger partial charge in [0.15, 0.2) is 0 Å². The Labute approximate surface area is 241 Å². The Morgan fingerprint density at radius 2 is 1.57 bits per heavy atom. The topological polar surface area (TPSA) is 143 Å². The molecule has 1 aliphatic heterocycles. The van der Waals surface area contributed by atoms with Gasteiger partial charge in [0.2, 0.25) is 17.6 Å². The van der Waals surface area contributed by atoms with E-state index in [-0.39, 0.29) is 36.6 Å². The minimum Gasteiger partial charge on any atom is -0.459 e. The van der Waals surface area contributed by atoms with Crippen LogP contribution in [0.3, 0.4) is 0 Å². The first-order chi connectivity index (χ1) is 20.1. The van der Waals surface area contributed by atoms with Crippen LogP contribution in [-0.4, -0.2) is 55.6 Å². The van der Waals surface area contributed by atoms with Crippen LogP contribution in [0.15, 0.2) is 65.7 Å². The molecular weight excluding hydrogens is 542 g/mol. The summed E-state index contributed by atoms with van der Waals surface area (Å²) in [5.74, 6) is -1.74. The number of benzene rings is 2. The highest BCUT2D eigenvalue weighted by Gasteiger charge is 2.40. The molecule has 1 aliphatic rings. The molecule has 3 heterocycles. The summed E-state index contributed by atoms with van der Waals surface area (Å²) >= 11 is 0. The second kappa shape index (κ2) is 12.0. The van der Waals surface area contributed by atoms with Crippen molar-refractivity contribution in [2.24, 2.45) is 5.92 Å². The molecule has 5 rings (SSSR count). The van der Waals surface area contributed by atoms with Gasteiger partial charge in [0, 0.05) is 24.7 Å². The molecule has 218 valence electrons. The van der Waals surface area contributed by atoms with Gasteiger partial charge in [-0.2, -0.15) is 9.97 Å². The number of nitrogens with one attached hydrogen (secondary N) is 1. The Hall–Kier alpha value is -4.84. The minimum atomic E-state index is -0.810. The van der Waals surface area contributed by atoms with Crippen molar-refractivity contribution in [3.8, 4) is 0 Å². The first-order valence-electron chi connectivity index (χ1n) is 13.5. The molecule has 0 saturated carbocycles. The average Bonchev–Trinajstić information content (AvgIpc) is 3.56. The summed E-state index contributed by atoms with van der Waals surface area (Å²) in [5.41, 5.74) is 2.12. The highest BCUT2D eigenvalue weighted by Crippen LogP contribution is 2.33. The summed E-state index contributed by atoms with van der Waals surface area (Å²) in [6.07, 6.45) is 0.912. The third-order valence-electron chi connectivity index (χ3n) is 6.90. The zero-order valence-corrected chi connectivity index (χ0v) is 23.6. The molecule has 1 N–H and O–H groups in total. The predicted octanol–water partition coefficient (Wildman–Crippen LogP) is 3.47. The number of aryl methyl sites for hydroxylation is 2. The zero-order valence-electron chi connectivity index (χ0n) is 23.6. The van der Waals surface area contributed by atoms with Crippen LogP contribution in [0.25, 0.3) is 5.78 Å². The summed E-state index contributed by atoms with van der Waals surface area (Å²) in [6.45, 7) is 7.07. The quantitative estimate of drug-likeness (QED) is 0.313. The van der Waals surface area contributed by atoms with Gasteiger partial charge < -0.3 is 14.2 Å². The molecule has 0 unspecified atom stereocenters. The number of aromatic nitrogens is 4. The van der Waals surface area contributed by atoms with Gasteiger partial charge in [-0.15, -0.1) is 0 Å². The molecule has 0 bridgehead atoms. The Morgan fingerprint density at radius 3 is 2.19 bits per heavy atom. The average molecular weight is 574 g/mol. The summed E-state index contributed by atoms with van der Waals surface area (Å²) < 4.78 is 20.4. The van der Waals surface area contributed by atoms with Crippen molar-refractivity contribution >= 4 is 29.6 Å². The lowest BCUT2D eigenvalue weighted by Gasteiger charge is -2.19. The van der Waals surface area contributed by atoms with E-state index >= 15 is 0 Å². The van der Waals surface area contributed by atoms with E-state index in [0.717, 1.165) is 11.1 Å². The van der Waals surface area contributed by atoms with E-state index in [0.29, 0.717) is 11.1 Å². The van der Waals surface area contributed by atoms with Gasteiger partial charge in [-0.1, -0.05) is 49.2 Å². The molecule has 1 amide bonds. The van der Waals surface area contributed by atoms with Gasteiger partial charge in [-0.05, 0) is 38.1 Å². The van der Waals surface area contributed by atoms with Crippen LogP contribution < -0.4 is 11.0 Å². The number of anilines is 1. The number of esters is 2. The molecule has 42 heavy (non-hydrogen) atoms. The smallest absolute Gasteiger partial charge is 0.357 e. The molecule has 12 heteroatoms.